The van der Waals surface area contributed by atoms with E-state index < -0.39 is 0 Å². The van der Waals surface area contributed by atoms with Crippen LogP contribution < -0.4 is 0 Å². The Morgan fingerprint density at radius 3 is 1.78 bits per heavy atom. The maximum Gasteiger partial charge on any atom is -0.00135 e. The highest BCUT2D eigenvalue weighted by molar-refractivity contribution is 5.76. The molecule has 0 heteroatoms. The van der Waals surface area contributed by atoms with Gasteiger partial charge in [-0.2, -0.15) is 0 Å². The lowest BCUT2D eigenvalue weighted by Gasteiger charge is -1.98. The maximum atomic E-state index is 2.22. The van der Waals surface area contributed by atoms with Gasteiger partial charge < -0.3 is 0 Å². The molecule has 2 aromatic carbocycles. The van der Waals surface area contributed by atoms with Crippen molar-refractivity contribution in [2.45, 2.75) is 26.7 Å². The van der Waals surface area contributed by atoms with E-state index in [2.05, 4.69) is 67.6 Å². The zero-order valence-electron chi connectivity index (χ0n) is 11.2. The third-order valence-electron chi connectivity index (χ3n) is 3.18. The summed E-state index contributed by atoms with van der Waals surface area (Å²) >= 11 is 0. The summed E-state index contributed by atoms with van der Waals surface area (Å²) in [4.78, 5) is 0. The molecule has 0 radical (unpaired) electrons. The zero-order chi connectivity index (χ0) is 12.8. The molecule has 0 bridgehead atoms. The van der Waals surface area contributed by atoms with Gasteiger partial charge in [-0.25, -0.2) is 0 Å². The molecule has 0 amide bonds. The van der Waals surface area contributed by atoms with Crippen LogP contribution in [-0.4, -0.2) is 0 Å². The fraction of sp³-hybridized carbons (Fsp3) is 0.222. The van der Waals surface area contributed by atoms with Crippen molar-refractivity contribution in [2.24, 2.45) is 0 Å². The van der Waals surface area contributed by atoms with Crippen molar-refractivity contribution in [1.82, 2.24) is 0 Å². The summed E-state index contributed by atoms with van der Waals surface area (Å²) in [5.41, 5.74) is 5.75. The van der Waals surface area contributed by atoms with Crippen LogP contribution in [0.25, 0.3) is 11.1 Å². The molecular formula is C18H20. The van der Waals surface area contributed by atoms with Gasteiger partial charge in [0.05, 0.1) is 0 Å². The number of hydrogen-bond acceptors (Lipinski definition) is 0. The lowest BCUT2D eigenvalue weighted by molar-refractivity contribution is 1.22. The number of benzene rings is 2. The van der Waals surface area contributed by atoms with Gasteiger partial charge in [0.1, 0.15) is 0 Å². The second-order valence-electron chi connectivity index (χ2n) is 4.47. The lowest BCUT2D eigenvalue weighted by atomic mass is 10.1. The molecule has 0 heterocycles. The molecule has 0 saturated heterocycles. The number of hydrogen-bond donors (Lipinski definition) is 0. The Labute approximate surface area is 110 Å². The van der Waals surface area contributed by atoms with Crippen LogP contribution in [0.1, 0.15) is 31.4 Å². The van der Waals surface area contributed by atoms with Crippen molar-refractivity contribution in [3.63, 3.8) is 0 Å². The summed E-state index contributed by atoms with van der Waals surface area (Å²) in [6.45, 7) is 4.16. The second kappa shape index (κ2) is 6.20. The van der Waals surface area contributed by atoms with Crippen molar-refractivity contribution in [1.29, 1.82) is 0 Å². The molecule has 0 aliphatic heterocycles. The van der Waals surface area contributed by atoms with Crippen LogP contribution in [0.15, 0.2) is 60.7 Å². The van der Waals surface area contributed by atoms with E-state index in [1.54, 1.807) is 0 Å². The van der Waals surface area contributed by atoms with E-state index in [4.69, 9.17) is 0 Å². The fourth-order valence-corrected chi connectivity index (χ4v) is 2.32. The van der Waals surface area contributed by atoms with E-state index >= 15 is 0 Å². The lowest BCUT2D eigenvalue weighted by Crippen LogP contribution is -1.77. The normalized spacial score (nSPS) is 11.7. The van der Waals surface area contributed by atoms with Crippen LogP contribution in [0.4, 0.5) is 0 Å². The first kappa shape index (κ1) is 12.6. The van der Waals surface area contributed by atoms with Crippen molar-refractivity contribution in [3.8, 4) is 11.1 Å². The van der Waals surface area contributed by atoms with E-state index in [1.165, 1.54) is 22.3 Å². The number of rotatable bonds is 1. The third-order valence-corrected chi connectivity index (χ3v) is 3.18. The predicted molar refractivity (Wildman–Crippen MR) is 79.8 cm³/mol. The Morgan fingerprint density at radius 2 is 1.39 bits per heavy atom. The van der Waals surface area contributed by atoms with E-state index in [-0.39, 0.29) is 0 Å². The molecule has 0 atom stereocenters. The molecule has 1 aliphatic rings. The van der Waals surface area contributed by atoms with Gasteiger partial charge in [0, 0.05) is 0 Å². The van der Waals surface area contributed by atoms with Crippen molar-refractivity contribution < 1.29 is 0 Å². The topological polar surface area (TPSA) is 0 Å². The quantitative estimate of drug-likeness (QED) is 0.507. The molecule has 0 N–H and O–H groups in total. The summed E-state index contributed by atoms with van der Waals surface area (Å²) in [5.74, 6) is 0. The first-order valence-electron chi connectivity index (χ1n) is 6.64. The van der Waals surface area contributed by atoms with Crippen LogP contribution in [0, 0.1) is 0 Å². The van der Waals surface area contributed by atoms with Crippen LogP contribution in [0.3, 0.4) is 0 Å². The van der Waals surface area contributed by atoms with Crippen LogP contribution in [-0.2, 0) is 6.42 Å². The summed E-state index contributed by atoms with van der Waals surface area (Å²) in [6.07, 6.45) is 6.45. The molecule has 3 rings (SSSR count). The summed E-state index contributed by atoms with van der Waals surface area (Å²) in [5, 5.41) is 0. The van der Waals surface area contributed by atoms with Crippen LogP contribution in [0.5, 0.6) is 0 Å². The highest BCUT2D eigenvalue weighted by Crippen LogP contribution is 2.35. The van der Waals surface area contributed by atoms with E-state index in [0.717, 1.165) is 12.8 Å². The molecule has 92 valence electrons. The van der Waals surface area contributed by atoms with Gasteiger partial charge in [0.25, 0.3) is 0 Å². The Bertz CT molecular complexity index is 492. The Morgan fingerprint density at radius 1 is 0.889 bits per heavy atom. The minimum atomic E-state index is 1.10. The molecule has 0 aromatic heterocycles. The van der Waals surface area contributed by atoms with Crippen LogP contribution in [0.2, 0.25) is 0 Å². The summed E-state index contributed by atoms with van der Waals surface area (Å²) < 4.78 is 0. The molecule has 0 spiro atoms. The van der Waals surface area contributed by atoms with E-state index in [1.807, 2.05) is 6.92 Å². The van der Waals surface area contributed by atoms with E-state index in [9.17, 15) is 0 Å². The smallest absolute Gasteiger partial charge is 0.00135 e. The highest BCUT2D eigenvalue weighted by Gasteiger charge is 2.15. The molecule has 0 fully saturated rings. The largest absolute Gasteiger partial charge is 0.0917 e. The minimum Gasteiger partial charge on any atom is -0.0917 e. The van der Waals surface area contributed by atoms with E-state index in [0.29, 0.717) is 0 Å². The summed E-state index contributed by atoms with van der Waals surface area (Å²) in [7, 11) is 0. The third kappa shape index (κ3) is 2.70. The van der Waals surface area contributed by atoms with Crippen LogP contribution >= 0.6 is 0 Å². The zero-order valence-corrected chi connectivity index (χ0v) is 11.2. The predicted octanol–water partition coefficient (Wildman–Crippen LogP) is 5.23. The number of fused-ring (bicyclic) bond motifs is 3. The first-order valence-corrected chi connectivity index (χ1v) is 6.64. The van der Waals surface area contributed by atoms with Gasteiger partial charge >= 0.3 is 0 Å². The average molecular weight is 236 g/mol. The SMILES string of the molecule is CC=CCC.c1ccc2c(c1)Cc1ccccc1-2. The van der Waals surface area contributed by atoms with Gasteiger partial charge in [-0.3, -0.25) is 0 Å². The molecule has 1 aliphatic carbocycles. The highest BCUT2D eigenvalue weighted by atomic mass is 14.2. The first-order chi connectivity index (χ1) is 8.86. The Hall–Kier alpha value is -1.82. The maximum absolute atomic E-state index is 2.22. The molecule has 18 heavy (non-hydrogen) atoms. The van der Waals surface area contributed by atoms with Crippen molar-refractivity contribution in [3.05, 3.63) is 71.8 Å². The van der Waals surface area contributed by atoms with Gasteiger partial charge in [0.15, 0.2) is 0 Å². The molecule has 2 aromatic rings. The van der Waals surface area contributed by atoms with Gasteiger partial charge in [-0.1, -0.05) is 67.6 Å². The van der Waals surface area contributed by atoms with Crippen molar-refractivity contribution in [2.75, 3.05) is 0 Å². The Balaban J connectivity index is 0.000000209. The Kier molecular flexibility index (Phi) is 4.35. The van der Waals surface area contributed by atoms with Gasteiger partial charge in [-0.15, -0.1) is 0 Å². The standard InChI is InChI=1S/C13H10.C5H10/c1-3-7-12-10(5-1)9-11-6-2-4-8-13(11)12;1-3-5-4-2/h1-8H,9H2;3,5H,4H2,1-2H3. The molecule has 0 saturated carbocycles. The van der Waals surface area contributed by atoms with Gasteiger partial charge in [-0.05, 0) is 42.0 Å². The monoisotopic (exact) mass is 236 g/mol. The second-order valence-corrected chi connectivity index (χ2v) is 4.47. The number of allylic oxidation sites excluding steroid dienone is 2. The minimum absolute atomic E-state index is 1.10. The fourth-order valence-electron chi connectivity index (χ4n) is 2.32. The molecule has 0 nitrogen and oxygen atoms in total. The van der Waals surface area contributed by atoms with Crippen molar-refractivity contribution >= 4 is 0 Å². The average Bonchev–Trinajstić information content (AvgIpc) is 2.79. The molecule has 0 unspecified atom stereocenters. The molecular weight excluding hydrogens is 216 g/mol. The van der Waals surface area contributed by atoms with Gasteiger partial charge in [0.2, 0.25) is 0 Å². The summed E-state index contributed by atoms with van der Waals surface area (Å²) in [6, 6.07) is 17.3.